The number of anilines is 1. The topological polar surface area (TPSA) is 127 Å². The number of carbonyl (C=O) groups excluding carboxylic acids is 1. The molecular formula is C26H27N5O2. The summed E-state index contributed by atoms with van der Waals surface area (Å²) in [7, 11) is 0. The van der Waals surface area contributed by atoms with Gasteiger partial charge in [0, 0.05) is 28.9 Å². The third-order valence-corrected chi connectivity index (χ3v) is 6.46. The highest BCUT2D eigenvalue weighted by atomic mass is 16.5. The van der Waals surface area contributed by atoms with E-state index in [4.69, 9.17) is 21.6 Å². The van der Waals surface area contributed by atoms with E-state index in [0.29, 0.717) is 35.6 Å². The van der Waals surface area contributed by atoms with Crippen molar-refractivity contribution in [2.45, 2.75) is 31.7 Å². The minimum Gasteiger partial charge on any atom is -0.491 e. The number of nitrogens with two attached hydrogens (primary N) is 2. The Morgan fingerprint density at radius 3 is 2.73 bits per heavy atom. The van der Waals surface area contributed by atoms with E-state index in [2.05, 4.69) is 28.5 Å². The van der Waals surface area contributed by atoms with E-state index in [1.54, 1.807) is 24.4 Å². The second-order valence-electron chi connectivity index (χ2n) is 8.67. The van der Waals surface area contributed by atoms with Gasteiger partial charge in [0.1, 0.15) is 18.2 Å². The number of fused-ring (bicyclic) bond motifs is 2. The van der Waals surface area contributed by atoms with E-state index in [1.807, 2.05) is 6.07 Å². The van der Waals surface area contributed by atoms with Gasteiger partial charge in [0.05, 0.1) is 17.8 Å². The van der Waals surface area contributed by atoms with Crippen LogP contribution in [0.4, 0.5) is 5.82 Å². The summed E-state index contributed by atoms with van der Waals surface area (Å²) >= 11 is 0. The average Bonchev–Trinajstić information content (AvgIpc) is 3.14. The van der Waals surface area contributed by atoms with Crippen LogP contribution in [0.1, 0.15) is 45.5 Å². The maximum atomic E-state index is 12.2. The first-order valence-corrected chi connectivity index (χ1v) is 11.3. The Morgan fingerprint density at radius 2 is 1.88 bits per heavy atom. The summed E-state index contributed by atoms with van der Waals surface area (Å²) in [6.07, 6.45) is 5.73. The maximum absolute atomic E-state index is 12.2. The first kappa shape index (κ1) is 21.2. The van der Waals surface area contributed by atoms with E-state index in [-0.39, 0.29) is 23.5 Å². The Morgan fingerprint density at radius 1 is 1.06 bits per heavy atom. The molecule has 1 amide bonds. The number of benzene rings is 2. The largest absolute Gasteiger partial charge is 0.491 e. The monoisotopic (exact) mass is 441 g/mol. The molecule has 7 heteroatoms. The molecule has 7 nitrogen and oxygen atoms in total. The van der Waals surface area contributed by atoms with Crippen LogP contribution in [0.2, 0.25) is 0 Å². The smallest absolute Gasteiger partial charge is 0.255 e. The highest BCUT2D eigenvalue weighted by Gasteiger charge is 2.20. The summed E-state index contributed by atoms with van der Waals surface area (Å²) < 4.78 is 5.70. The van der Waals surface area contributed by atoms with E-state index in [0.717, 1.165) is 36.8 Å². The number of nitrogens with one attached hydrogen (secondary N) is 2. The van der Waals surface area contributed by atoms with E-state index in [9.17, 15) is 4.79 Å². The third kappa shape index (κ3) is 4.19. The van der Waals surface area contributed by atoms with Crippen molar-refractivity contribution in [3.8, 4) is 16.9 Å². The number of aromatic nitrogens is 1. The molecule has 2 aliphatic rings. The lowest BCUT2D eigenvalue weighted by Crippen LogP contribution is -2.24. The standard InChI is InChI=1S/C26H27N5O2/c27-20-6-3-15-1-2-17(11-16(15)4-7-20)19-12-22(25(29)31-14-19)24(28)18-5-8-21-23(13-18)33-10-9-30-26(21)32/h1-2,5,8,11-14,20,28H,3-4,6-7,9-10,27H2,(H2,29,31)(H,30,32). The normalized spacial score (nSPS) is 17.6. The van der Waals surface area contributed by atoms with Crippen molar-refractivity contribution in [2.24, 2.45) is 5.73 Å². The van der Waals surface area contributed by atoms with Crippen LogP contribution in [-0.2, 0) is 12.8 Å². The molecule has 6 N–H and O–H groups in total. The fraction of sp³-hybridized carbons (Fsp3) is 0.269. The lowest BCUT2D eigenvalue weighted by Gasteiger charge is -2.13. The summed E-state index contributed by atoms with van der Waals surface area (Å²) in [5.41, 5.74) is 18.8. The number of ether oxygens (including phenoxy) is 1. The Balaban J connectivity index is 1.48. The van der Waals surface area contributed by atoms with Gasteiger partial charge in [0.25, 0.3) is 5.91 Å². The molecule has 1 aliphatic carbocycles. The number of aryl methyl sites for hydroxylation is 2. The van der Waals surface area contributed by atoms with Crippen molar-refractivity contribution < 1.29 is 9.53 Å². The summed E-state index contributed by atoms with van der Waals surface area (Å²) in [6.45, 7) is 0.837. The average molecular weight is 442 g/mol. The SMILES string of the molecule is N=C(c1ccc2c(c1)OCCNC2=O)c1cc(-c2ccc3c(c2)CCC(N)CC3)cnc1N. The zero-order valence-corrected chi connectivity index (χ0v) is 18.4. The van der Waals surface area contributed by atoms with Gasteiger partial charge in [-0.25, -0.2) is 4.98 Å². The first-order valence-electron chi connectivity index (χ1n) is 11.3. The second-order valence-corrected chi connectivity index (χ2v) is 8.67. The summed E-state index contributed by atoms with van der Waals surface area (Å²) in [5, 5.41) is 11.6. The van der Waals surface area contributed by atoms with Crippen molar-refractivity contribution in [3.05, 3.63) is 76.5 Å². The van der Waals surface area contributed by atoms with Gasteiger partial charge in [-0.05, 0) is 60.6 Å². The number of amides is 1. The minimum atomic E-state index is -0.173. The van der Waals surface area contributed by atoms with Gasteiger partial charge in [-0.2, -0.15) is 0 Å². The molecule has 2 heterocycles. The zero-order valence-electron chi connectivity index (χ0n) is 18.4. The number of hydrogen-bond donors (Lipinski definition) is 4. The predicted molar refractivity (Wildman–Crippen MR) is 129 cm³/mol. The van der Waals surface area contributed by atoms with Crippen LogP contribution in [-0.4, -0.2) is 35.8 Å². The molecule has 2 aromatic carbocycles. The molecule has 0 saturated heterocycles. The van der Waals surface area contributed by atoms with Crippen molar-refractivity contribution in [1.82, 2.24) is 10.3 Å². The van der Waals surface area contributed by atoms with Gasteiger partial charge < -0.3 is 21.5 Å². The number of nitrogens with zero attached hydrogens (tertiary/aromatic N) is 1. The van der Waals surface area contributed by atoms with E-state index < -0.39 is 0 Å². The van der Waals surface area contributed by atoms with Gasteiger partial charge in [-0.15, -0.1) is 0 Å². The summed E-state index contributed by atoms with van der Waals surface area (Å²) in [5.74, 6) is 0.588. The predicted octanol–water partition coefficient (Wildman–Crippen LogP) is 3.08. The highest BCUT2D eigenvalue weighted by molar-refractivity contribution is 6.14. The fourth-order valence-electron chi connectivity index (χ4n) is 4.50. The molecule has 3 aromatic rings. The van der Waals surface area contributed by atoms with Crippen LogP contribution in [0.25, 0.3) is 11.1 Å². The number of pyridine rings is 1. The van der Waals surface area contributed by atoms with E-state index >= 15 is 0 Å². The van der Waals surface area contributed by atoms with Crippen LogP contribution in [0.15, 0.2) is 48.7 Å². The van der Waals surface area contributed by atoms with Crippen molar-refractivity contribution in [1.29, 1.82) is 5.41 Å². The number of rotatable bonds is 3. The third-order valence-electron chi connectivity index (χ3n) is 6.46. The lowest BCUT2D eigenvalue weighted by molar-refractivity contribution is 0.0957. The molecule has 1 atom stereocenters. The molecule has 1 aliphatic heterocycles. The second kappa shape index (κ2) is 8.67. The Bertz CT molecular complexity index is 1250. The molecule has 0 bridgehead atoms. The van der Waals surface area contributed by atoms with Crippen LogP contribution >= 0.6 is 0 Å². The molecule has 1 unspecified atom stereocenters. The molecule has 0 radical (unpaired) electrons. The fourth-order valence-corrected chi connectivity index (χ4v) is 4.50. The first-order chi connectivity index (χ1) is 16.0. The zero-order chi connectivity index (χ0) is 22.9. The van der Waals surface area contributed by atoms with Crippen molar-refractivity contribution >= 4 is 17.4 Å². The molecule has 1 aromatic heterocycles. The van der Waals surface area contributed by atoms with Crippen molar-refractivity contribution in [2.75, 3.05) is 18.9 Å². The van der Waals surface area contributed by atoms with Crippen LogP contribution in [0, 0.1) is 5.41 Å². The van der Waals surface area contributed by atoms with Gasteiger partial charge in [-0.3, -0.25) is 10.2 Å². The van der Waals surface area contributed by atoms with Gasteiger partial charge in [-0.1, -0.05) is 24.3 Å². The number of carbonyl (C=O) groups is 1. The number of hydrogen-bond acceptors (Lipinski definition) is 6. The molecule has 0 fully saturated rings. The number of nitrogen functional groups attached to an aromatic ring is 1. The van der Waals surface area contributed by atoms with Crippen LogP contribution in [0.5, 0.6) is 5.75 Å². The van der Waals surface area contributed by atoms with Crippen LogP contribution < -0.4 is 21.5 Å². The Labute approximate surface area is 192 Å². The van der Waals surface area contributed by atoms with Gasteiger partial charge >= 0.3 is 0 Å². The van der Waals surface area contributed by atoms with E-state index in [1.165, 1.54) is 11.1 Å². The molecule has 33 heavy (non-hydrogen) atoms. The Hall–Kier alpha value is -3.71. The minimum absolute atomic E-state index is 0.173. The summed E-state index contributed by atoms with van der Waals surface area (Å²) in [6, 6.07) is 13.8. The molecule has 168 valence electrons. The highest BCUT2D eigenvalue weighted by Crippen LogP contribution is 2.30. The van der Waals surface area contributed by atoms with Gasteiger partial charge in [0.2, 0.25) is 0 Å². The van der Waals surface area contributed by atoms with Crippen molar-refractivity contribution in [3.63, 3.8) is 0 Å². The molecular weight excluding hydrogens is 414 g/mol. The quantitative estimate of drug-likeness (QED) is 0.367. The maximum Gasteiger partial charge on any atom is 0.255 e. The molecule has 0 spiro atoms. The van der Waals surface area contributed by atoms with Crippen LogP contribution in [0.3, 0.4) is 0 Å². The van der Waals surface area contributed by atoms with Gasteiger partial charge in [0.15, 0.2) is 0 Å². The summed E-state index contributed by atoms with van der Waals surface area (Å²) in [4.78, 5) is 16.6. The lowest BCUT2D eigenvalue weighted by atomic mass is 9.95. The molecule has 0 saturated carbocycles. The molecule has 5 rings (SSSR count). The Kier molecular flexibility index (Phi) is 5.56.